The van der Waals surface area contributed by atoms with Crippen LogP contribution < -0.4 is 15.8 Å². The molecule has 0 bridgehead atoms. The molecule has 0 saturated carbocycles. The quantitative estimate of drug-likeness (QED) is 0.860. The van der Waals surface area contributed by atoms with Crippen LogP contribution >= 0.6 is 11.6 Å². The third kappa shape index (κ3) is 3.86. The van der Waals surface area contributed by atoms with Gasteiger partial charge in [0.1, 0.15) is 5.75 Å². The number of hydrogen-bond acceptors (Lipinski definition) is 4. The molecule has 1 unspecified atom stereocenters. The molecule has 2 rings (SSSR count). The van der Waals surface area contributed by atoms with Crippen LogP contribution in [0.1, 0.15) is 24.1 Å². The summed E-state index contributed by atoms with van der Waals surface area (Å²) in [5.41, 5.74) is 8.84. The molecular formula is C16H20ClN3O. The summed E-state index contributed by atoms with van der Waals surface area (Å²) in [5, 5.41) is 4.12. The Labute approximate surface area is 130 Å². The molecule has 112 valence electrons. The molecule has 1 aromatic carbocycles. The molecule has 0 saturated heterocycles. The van der Waals surface area contributed by atoms with Crippen LogP contribution in [0.3, 0.4) is 0 Å². The Hall–Kier alpha value is -1.78. The van der Waals surface area contributed by atoms with Gasteiger partial charge in [0.05, 0.1) is 7.11 Å². The molecule has 1 atom stereocenters. The van der Waals surface area contributed by atoms with Crippen molar-refractivity contribution in [2.45, 2.75) is 19.4 Å². The minimum atomic E-state index is 0.0914. The van der Waals surface area contributed by atoms with Gasteiger partial charge >= 0.3 is 0 Å². The van der Waals surface area contributed by atoms with Crippen molar-refractivity contribution in [1.82, 2.24) is 10.3 Å². The van der Waals surface area contributed by atoms with Crippen LogP contribution in [-0.2, 0) is 6.42 Å². The predicted octanol–water partition coefficient (Wildman–Crippen LogP) is 3.22. The maximum atomic E-state index is 6.03. The lowest BCUT2D eigenvalue weighted by atomic mass is 9.98. The van der Waals surface area contributed by atoms with Gasteiger partial charge in [-0.2, -0.15) is 0 Å². The van der Waals surface area contributed by atoms with Gasteiger partial charge in [-0.3, -0.25) is 4.98 Å². The second-order valence-electron chi connectivity index (χ2n) is 4.78. The Kier molecular flexibility index (Phi) is 5.42. The molecule has 1 aromatic heterocycles. The fraction of sp³-hybridized carbons (Fsp3) is 0.312. The zero-order chi connectivity index (χ0) is 15.2. The first kappa shape index (κ1) is 15.6. The smallest absolute Gasteiger partial charge is 0.125 e. The van der Waals surface area contributed by atoms with Gasteiger partial charge in [-0.15, -0.1) is 0 Å². The number of aromatic nitrogens is 1. The van der Waals surface area contributed by atoms with Crippen molar-refractivity contribution in [3.05, 3.63) is 52.8 Å². The monoisotopic (exact) mass is 305 g/mol. The van der Waals surface area contributed by atoms with E-state index in [-0.39, 0.29) is 6.04 Å². The molecule has 1 heterocycles. The summed E-state index contributed by atoms with van der Waals surface area (Å²) in [5.74, 6) is 0.774. The van der Waals surface area contributed by atoms with Gasteiger partial charge in [0.25, 0.3) is 0 Å². The molecule has 0 aliphatic heterocycles. The van der Waals surface area contributed by atoms with E-state index < -0.39 is 0 Å². The van der Waals surface area contributed by atoms with Crippen LogP contribution in [0.2, 0.25) is 5.02 Å². The van der Waals surface area contributed by atoms with E-state index in [0.29, 0.717) is 5.02 Å². The molecule has 4 nitrogen and oxygen atoms in total. The SMILES string of the molecule is CCNC(Cc1cnccc1N)c1ccc(Cl)cc1OC. The molecule has 0 aliphatic rings. The Morgan fingerprint density at radius 3 is 2.86 bits per heavy atom. The Morgan fingerprint density at radius 2 is 2.19 bits per heavy atom. The maximum absolute atomic E-state index is 6.03. The zero-order valence-corrected chi connectivity index (χ0v) is 13.0. The molecule has 2 aromatic rings. The highest BCUT2D eigenvalue weighted by molar-refractivity contribution is 6.30. The van der Waals surface area contributed by atoms with Crippen molar-refractivity contribution >= 4 is 17.3 Å². The van der Waals surface area contributed by atoms with Crippen LogP contribution in [-0.4, -0.2) is 18.6 Å². The van der Waals surface area contributed by atoms with E-state index >= 15 is 0 Å². The minimum absolute atomic E-state index is 0.0914. The number of rotatable bonds is 6. The Balaban J connectivity index is 2.33. The van der Waals surface area contributed by atoms with Crippen LogP contribution in [0.5, 0.6) is 5.75 Å². The van der Waals surface area contributed by atoms with Crippen molar-refractivity contribution < 1.29 is 4.74 Å². The summed E-state index contributed by atoms with van der Waals surface area (Å²) < 4.78 is 5.45. The van der Waals surface area contributed by atoms with Crippen molar-refractivity contribution in [3.8, 4) is 5.75 Å². The summed E-state index contributed by atoms with van der Waals surface area (Å²) in [6.07, 6.45) is 4.25. The van der Waals surface area contributed by atoms with Crippen molar-refractivity contribution in [3.63, 3.8) is 0 Å². The lowest BCUT2D eigenvalue weighted by molar-refractivity contribution is 0.399. The Bertz CT molecular complexity index is 604. The van der Waals surface area contributed by atoms with Crippen molar-refractivity contribution in [1.29, 1.82) is 0 Å². The molecule has 0 amide bonds. The second-order valence-corrected chi connectivity index (χ2v) is 5.21. The van der Waals surface area contributed by atoms with Gasteiger partial charge in [0.15, 0.2) is 0 Å². The number of nitrogens with zero attached hydrogens (tertiary/aromatic N) is 1. The molecule has 21 heavy (non-hydrogen) atoms. The highest BCUT2D eigenvalue weighted by Gasteiger charge is 2.17. The average Bonchev–Trinajstić information content (AvgIpc) is 2.49. The summed E-state index contributed by atoms with van der Waals surface area (Å²) in [7, 11) is 1.65. The van der Waals surface area contributed by atoms with Crippen molar-refractivity contribution in [2.75, 3.05) is 19.4 Å². The summed E-state index contributed by atoms with van der Waals surface area (Å²) in [6, 6.07) is 7.59. The molecule has 3 N–H and O–H groups in total. The molecular weight excluding hydrogens is 286 g/mol. The van der Waals surface area contributed by atoms with Crippen LogP contribution in [0.15, 0.2) is 36.7 Å². The van der Waals surface area contributed by atoms with Gasteiger partial charge in [-0.05, 0) is 36.7 Å². The van der Waals surface area contributed by atoms with E-state index in [0.717, 1.165) is 35.5 Å². The van der Waals surface area contributed by atoms with E-state index in [1.807, 2.05) is 30.5 Å². The number of pyridine rings is 1. The average molecular weight is 306 g/mol. The number of benzene rings is 1. The summed E-state index contributed by atoms with van der Waals surface area (Å²) in [4.78, 5) is 4.15. The lowest BCUT2D eigenvalue weighted by Crippen LogP contribution is -2.24. The molecule has 5 heteroatoms. The molecule has 0 spiro atoms. The topological polar surface area (TPSA) is 60.2 Å². The number of nitrogen functional groups attached to an aromatic ring is 1. The maximum Gasteiger partial charge on any atom is 0.125 e. The van der Waals surface area contributed by atoms with E-state index in [2.05, 4.69) is 17.2 Å². The summed E-state index contributed by atoms with van der Waals surface area (Å²) >= 11 is 6.03. The van der Waals surface area contributed by atoms with Gasteiger partial charge in [-0.1, -0.05) is 24.6 Å². The van der Waals surface area contributed by atoms with Gasteiger partial charge in [0, 0.05) is 34.7 Å². The normalized spacial score (nSPS) is 12.1. The number of ether oxygens (including phenoxy) is 1. The van der Waals surface area contributed by atoms with Gasteiger partial charge < -0.3 is 15.8 Å². The zero-order valence-electron chi connectivity index (χ0n) is 12.3. The fourth-order valence-electron chi connectivity index (χ4n) is 2.34. The number of methoxy groups -OCH3 is 1. The molecule has 0 fully saturated rings. The van der Waals surface area contributed by atoms with Gasteiger partial charge in [-0.25, -0.2) is 0 Å². The van der Waals surface area contributed by atoms with E-state index in [9.17, 15) is 0 Å². The van der Waals surface area contributed by atoms with Crippen LogP contribution in [0.25, 0.3) is 0 Å². The number of halogens is 1. The Morgan fingerprint density at radius 1 is 1.38 bits per heavy atom. The van der Waals surface area contributed by atoms with E-state index in [4.69, 9.17) is 22.1 Å². The first-order valence-corrected chi connectivity index (χ1v) is 7.28. The summed E-state index contributed by atoms with van der Waals surface area (Å²) in [6.45, 7) is 2.92. The van der Waals surface area contributed by atoms with Crippen molar-refractivity contribution in [2.24, 2.45) is 0 Å². The third-order valence-corrected chi connectivity index (χ3v) is 3.62. The lowest BCUT2D eigenvalue weighted by Gasteiger charge is -2.21. The van der Waals surface area contributed by atoms with Crippen LogP contribution in [0.4, 0.5) is 5.69 Å². The van der Waals surface area contributed by atoms with Crippen LogP contribution in [0, 0.1) is 0 Å². The first-order chi connectivity index (χ1) is 10.2. The fourth-order valence-corrected chi connectivity index (χ4v) is 2.50. The largest absolute Gasteiger partial charge is 0.496 e. The number of likely N-dealkylation sites (N-methyl/N-ethyl adjacent to an activating group) is 1. The number of hydrogen-bond donors (Lipinski definition) is 2. The third-order valence-electron chi connectivity index (χ3n) is 3.39. The minimum Gasteiger partial charge on any atom is -0.496 e. The number of nitrogens with one attached hydrogen (secondary N) is 1. The number of nitrogens with two attached hydrogens (primary N) is 1. The molecule has 0 aliphatic carbocycles. The number of anilines is 1. The first-order valence-electron chi connectivity index (χ1n) is 6.90. The van der Waals surface area contributed by atoms with Gasteiger partial charge in [0.2, 0.25) is 0 Å². The molecule has 0 radical (unpaired) electrons. The highest BCUT2D eigenvalue weighted by Crippen LogP contribution is 2.31. The predicted molar refractivity (Wildman–Crippen MR) is 86.8 cm³/mol. The highest BCUT2D eigenvalue weighted by atomic mass is 35.5. The standard InChI is InChI=1S/C16H20ClN3O/c1-3-20-15(8-11-10-19-7-6-14(11)18)13-5-4-12(17)9-16(13)21-2/h4-7,9-10,15,20H,3,8H2,1-2H3,(H2,18,19). The van der Waals surface area contributed by atoms with E-state index in [1.54, 1.807) is 13.3 Å². The second kappa shape index (κ2) is 7.29. The van der Waals surface area contributed by atoms with E-state index in [1.165, 1.54) is 0 Å².